The molecule has 5 heteroatoms. The third-order valence-electron chi connectivity index (χ3n) is 2.60. The normalized spacial score (nSPS) is 25.9. The van der Waals surface area contributed by atoms with E-state index in [9.17, 15) is 17.6 Å². The van der Waals surface area contributed by atoms with Crippen molar-refractivity contribution in [1.29, 1.82) is 0 Å². The Hall–Kier alpha value is -1.10. The average Bonchev–Trinajstić information content (AvgIpc) is 2.62. The second kappa shape index (κ2) is 3.48. The summed E-state index contributed by atoms with van der Waals surface area (Å²) in [4.78, 5) is 0. The summed E-state index contributed by atoms with van der Waals surface area (Å²) in [5.41, 5.74) is -1.95. The standard InChI is InChI=1S/C10H9F4N/c11-7-3-6(4-8(12)9(7)13)10(14)1-2-15-5-10/h3-4,15H,1-2,5H2. The van der Waals surface area contributed by atoms with Gasteiger partial charge in [0.25, 0.3) is 0 Å². The highest BCUT2D eigenvalue weighted by Gasteiger charge is 2.36. The van der Waals surface area contributed by atoms with Crippen LogP contribution >= 0.6 is 0 Å². The van der Waals surface area contributed by atoms with Crippen molar-refractivity contribution in [2.24, 2.45) is 0 Å². The van der Waals surface area contributed by atoms with Gasteiger partial charge < -0.3 is 5.32 Å². The van der Waals surface area contributed by atoms with Crippen molar-refractivity contribution < 1.29 is 17.6 Å². The summed E-state index contributed by atoms with van der Waals surface area (Å²) in [5.74, 6) is -4.27. The molecule has 1 heterocycles. The zero-order valence-corrected chi connectivity index (χ0v) is 7.79. The van der Waals surface area contributed by atoms with Crippen LogP contribution in [0.25, 0.3) is 0 Å². The van der Waals surface area contributed by atoms with E-state index >= 15 is 0 Å². The van der Waals surface area contributed by atoms with Crippen LogP contribution in [-0.2, 0) is 5.67 Å². The molecule has 1 saturated heterocycles. The Morgan fingerprint density at radius 3 is 2.20 bits per heavy atom. The molecule has 0 bridgehead atoms. The minimum atomic E-state index is -1.80. The van der Waals surface area contributed by atoms with E-state index < -0.39 is 23.1 Å². The molecule has 15 heavy (non-hydrogen) atoms. The van der Waals surface area contributed by atoms with E-state index in [2.05, 4.69) is 5.32 Å². The Labute approximate surface area is 84.1 Å². The van der Waals surface area contributed by atoms with Crippen LogP contribution in [0, 0.1) is 17.5 Å². The molecule has 0 aromatic heterocycles. The second-order valence-corrected chi connectivity index (χ2v) is 3.65. The molecule has 2 rings (SSSR count). The van der Waals surface area contributed by atoms with Gasteiger partial charge in [-0.25, -0.2) is 17.6 Å². The lowest BCUT2D eigenvalue weighted by Crippen LogP contribution is -2.23. The van der Waals surface area contributed by atoms with Gasteiger partial charge in [0.05, 0.1) is 0 Å². The largest absolute Gasteiger partial charge is 0.313 e. The van der Waals surface area contributed by atoms with E-state index in [1.807, 2.05) is 0 Å². The molecule has 1 fully saturated rings. The van der Waals surface area contributed by atoms with Crippen molar-refractivity contribution in [1.82, 2.24) is 5.32 Å². The van der Waals surface area contributed by atoms with E-state index in [1.54, 1.807) is 0 Å². The average molecular weight is 219 g/mol. The van der Waals surface area contributed by atoms with Gasteiger partial charge in [0.1, 0.15) is 5.67 Å². The fourth-order valence-electron chi connectivity index (χ4n) is 1.72. The van der Waals surface area contributed by atoms with E-state index in [-0.39, 0.29) is 18.5 Å². The van der Waals surface area contributed by atoms with Gasteiger partial charge in [-0.2, -0.15) is 0 Å². The highest BCUT2D eigenvalue weighted by Crippen LogP contribution is 2.33. The zero-order valence-electron chi connectivity index (χ0n) is 7.79. The maximum absolute atomic E-state index is 14.0. The SMILES string of the molecule is Fc1cc(C2(F)CCNC2)cc(F)c1F. The molecule has 0 aliphatic carbocycles. The Bertz CT molecular complexity index is 362. The lowest BCUT2D eigenvalue weighted by molar-refractivity contribution is 0.191. The monoisotopic (exact) mass is 219 g/mol. The molecule has 1 aromatic rings. The number of halogens is 4. The third-order valence-corrected chi connectivity index (χ3v) is 2.60. The van der Waals surface area contributed by atoms with Crippen molar-refractivity contribution in [3.05, 3.63) is 35.1 Å². The highest BCUT2D eigenvalue weighted by atomic mass is 19.2. The molecule has 1 nitrogen and oxygen atoms in total. The van der Waals surface area contributed by atoms with E-state index in [1.165, 1.54) is 0 Å². The van der Waals surface area contributed by atoms with Gasteiger partial charge in [0.15, 0.2) is 17.5 Å². The zero-order chi connectivity index (χ0) is 11.1. The lowest BCUT2D eigenvalue weighted by Gasteiger charge is -2.18. The summed E-state index contributed by atoms with van der Waals surface area (Å²) in [5, 5.41) is 2.75. The van der Waals surface area contributed by atoms with Gasteiger partial charge in [0.2, 0.25) is 0 Å². The van der Waals surface area contributed by atoms with Crippen molar-refractivity contribution in [3.63, 3.8) is 0 Å². The Morgan fingerprint density at radius 1 is 1.13 bits per heavy atom. The fraction of sp³-hybridized carbons (Fsp3) is 0.400. The Balaban J connectivity index is 2.45. The van der Waals surface area contributed by atoms with Crippen LogP contribution in [0.2, 0.25) is 0 Å². The summed E-state index contributed by atoms with van der Waals surface area (Å²) >= 11 is 0. The Morgan fingerprint density at radius 2 is 1.73 bits per heavy atom. The van der Waals surface area contributed by atoms with Crippen LogP contribution in [0.4, 0.5) is 17.6 Å². The highest BCUT2D eigenvalue weighted by molar-refractivity contribution is 5.27. The molecule has 1 atom stereocenters. The molecule has 1 aromatic carbocycles. The predicted molar refractivity (Wildman–Crippen MR) is 46.6 cm³/mol. The van der Waals surface area contributed by atoms with Crippen LogP contribution in [-0.4, -0.2) is 13.1 Å². The molecule has 0 saturated carbocycles. The van der Waals surface area contributed by atoms with Gasteiger partial charge in [-0.3, -0.25) is 0 Å². The van der Waals surface area contributed by atoms with Crippen molar-refractivity contribution in [3.8, 4) is 0 Å². The van der Waals surface area contributed by atoms with Gasteiger partial charge in [0, 0.05) is 6.54 Å². The molecule has 0 radical (unpaired) electrons. The van der Waals surface area contributed by atoms with Crippen molar-refractivity contribution in [2.75, 3.05) is 13.1 Å². The first-order valence-electron chi connectivity index (χ1n) is 4.57. The van der Waals surface area contributed by atoms with Gasteiger partial charge >= 0.3 is 0 Å². The molecule has 1 aliphatic heterocycles. The van der Waals surface area contributed by atoms with E-state index in [0.717, 1.165) is 0 Å². The van der Waals surface area contributed by atoms with Crippen molar-refractivity contribution in [2.45, 2.75) is 12.1 Å². The number of benzene rings is 1. The topological polar surface area (TPSA) is 12.0 Å². The first-order chi connectivity index (χ1) is 7.03. The van der Waals surface area contributed by atoms with Crippen LogP contribution in [0.5, 0.6) is 0 Å². The van der Waals surface area contributed by atoms with Crippen LogP contribution in [0.1, 0.15) is 12.0 Å². The summed E-state index contributed by atoms with van der Waals surface area (Å²) in [6, 6.07) is 1.43. The van der Waals surface area contributed by atoms with Crippen LogP contribution < -0.4 is 5.32 Å². The molecule has 1 N–H and O–H groups in total. The maximum Gasteiger partial charge on any atom is 0.194 e. The number of hydrogen-bond donors (Lipinski definition) is 1. The Kier molecular flexibility index (Phi) is 2.42. The summed E-state index contributed by atoms with van der Waals surface area (Å²) in [6.07, 6.45) is 0.136. The van der Waals surface area contributed by atoms with Crippen molar-refractivity contribution >= 4 is 0 Å². The number of rotatable bonds is 1. The number of alkyl halides is 1. The molecule has 0 spiro atoms. The van der Waals surface area contributed by atoms with Gasteiger partial charge in [-0.05, 0) is 30.7 Å². The lowest BCUT2D eigenvalue weighted by atomic mass is 9.95. The first kappa shape index (κ1) is 10.4. The first-order valence-corrected chi connectivity index (χ1v) is 4.57. The molecule has 1 aliphatic rings. The molecule has 1 unspecified atom stereocenters. The van der Waals surface area contributed by atoms with Crippen LogP contribution in [0.15, 0.2) is 12.1 Å². The summed E-state index contributed by atoms with van der Waals surface area (Å²) in [7, 11) is 0. The molecule has 82 valence electrons. The number of nitrogens with one attached hydrogen (secondary N) is 1. The van der Waals surface area contributed by atoms with Crippen LogP contribution in [0.3, 0.4) is 0 Å². The second-order valence-electron chi connectivity index (χ2n) is 3.65. The van der Waals surface area contributed by atoms with E-state index in [4.69, 9.17) is 0 Å². The summed E-state index contributed by atoms with van der Waals surface area (Å²) in [6.45, 7) is 0.439. The minimum Gasteiger partial charge on any atom is -0.313 e. The molecule has 0 amide bonds. The number of hydrogen-bond acceptors (Lipinski definition) is 1. The van der Waals surface area contributed by atoms with Gasteiger partial charge in [-0.1, -0.05) is 0 Å². The molecular weight excluding hydrogens is 210 g/mol. The fourth-order valence-corrected chi connectivity index (χ4v) is 1.72. The predicted octanol–water partition coefficient (Wildman–Crippen LogP) is 2.26. The smallest absolute Gasteiger partial charge is 0.194 e. The molecular formula is C10H9F4N. The maximum atomic E-state index is 14.0. The summed E-state index contributed by atoms with van der Waals surface area (Å²) < 4.78 is 52.4. The third kappa shape index (κ3) is 1.71. The van der Waals surface area contributed by atoms with E-state index in [0.29, 0.717) is 18.7 Å². The van der Waals surface area contributed by atoms with Gasteiger partial charge in [-0.15, -0.1) is 0 Å². The quantitative estimate of drug-likeness (QED) is 0.564. The minimum absolute atomic E-state index is 0.00247.